The standard InChI is InChI=1S/C19H22FN5O4/c1-18(2)17-22-13(14(26)16(28)25(17)6-7-29-18)15(27)21-9-11-4-3-5-12(8-11)19(10-20)23-24-19/h3-5,8,23-24,26H,6-7,9-10H2,1-2H3,(H,21,27). The fraction of sp³-hybridized carbons (Fsp3) is 0.421. The van der Waals surface area contributed by atoms with Crippen LogP contribution < -0.4 is 21.7 Å². The van der Waals surface area contributed by atoms with Gasteiger partial charge in [0.2, 0.25) is 5.75 Å². The smallest absolute Gasteiger partial charge is 0.296 e. The summed E-state index contributed by atoms with van der Waals surface area (Å²) in [5, 5.41) is 12.9. The van der Waals surface area contributed by atoms with Crippen molar-refractivity contribution in [3.8, 4) is 5.75 Å². The first-order valence-corrected chi connectivity index (χ1v) is 9.23. The van der Waals surface area contributed by atoms with Crippen LogP contribution in [-0.2, 0) is 29.1 Å². The van der Waals surface area contributed by atoms with E-state index in [2.05, 4.69) is 21.2 Å². The van der Waals surface area contributed by atoms with Gasteiger partial charge in [0.1, 0.15) is 23.8 Å². The Balaban J connectivity index is 1.56. The molecule has 154 valence electrons. The van der Waals surface area contributed by atoms with Gasteiger partial charge in [-0.25, -0.2) is 20.2 Å². The van der Waals surface area contributed by atoms with Crippen molar-refractivity contribution >= 4 is 5.91 Å². The minimum absolute atomic E-state index is 0.120. The Morgan fingerprint density at radius 3 is 2.86 bits per heavy atom. The second kappa shape index (κ2) is 6.90. The molecule has 0 aliphatic carbocycles. The first-order chi connectivity index (χ1) is 13.8. The maximum atomic E-state index is 13.2. The number of rotatable bonds is 5. The number of benzene rings is 1. The summed E-state index contributed by atoms with van der Waals surface area (Å²) < 4.78 is 20.2. The van der Waals surface area contributed by atoms with Crippen LogP contribution in [0.1, 0.15) is 41.3 Å². The summed E-state index contributed by atoms with van der Waals surface area (Å²) in [6.45, 7) is 3.56. The molecule has 1 amide bonds. The van der Waals surface area contributed by atoms with Crippen LogP contribution in [0.5, 0.6) is 5.75 Å². The van der Waals surface area contributed by atoms with E-state index in [1.807, 2.05) is 0 Å². The summed E-state index contributed by atoms with van der Waals surface area (Å²) in [6.07, 6.45) is 0. The monoisotopic (exact) mass is 403 g/mol. The van der Waals surface area contributed by atoms with Crippen LogP contribution in [0.25, 0.3) is 0 Å². The van der Waals surface area contributed by atoms with Crippen LogP contribution in [0.3, 0.4) is 0 Å². The number of carbonyl (C=O) groups is 1. The molecule has 2 aromatic rings. The highest BCUT2D eigenvalue weighted by molar-refractivity contribution is 5.94. The summed E-state index contributed by atoms with van der Waals surface area (Å²) in [5.41, 5.74) is 4.24. The molecule has 0 radical (unpaired) electrons. The first kappa shape index (κ1) is 19.5. The normalized spacial score (nSPS) is 18.7. The zero-order valence-corrected chi connectivity index (χ0v) is 16.1. The molecule has 3 heterocycles. The third kappa shape index (κ3) is 3.39. The number of halogens is 1. The van der Waals surface area contributed by atoms with Crippen molar-refractivity contribution in [1.82, 2.24) is 25.7 Å². The number of fused-ring (bicyclic) bond motifs is 1. The largest absolute Gasteiger partial charge is 0.501 e. The number of alkyl halides is 1. The molecular weight excluding hydrogens is 381 g/mol. The van der Waals surface area contributed by atoms with Crippen molar-refractivity contribution in [3.63, 3.8) is 0 Å². The van der Waals surface area contributed by atoms with E-state index < -0.39 is 35.2 Å². The number of hydrogen-bond acceptors (Lipinski definition) is 7. The summed E-state index contributed by atoms with van der Waals surface area (Å²) in [5.74, 6) is -1.09. The molecule has 1 aromatic carbocycles. The number of hydrogen-bond donors (Lipinski definition) is 4. The highest BCUT2D eigenvalue weighted by atomic mass is 19.1. The molecule has 2 aliphatic rings. The maximum absolute atomic E-state index is 13.2. The molecule has 1 saturated heterocycles. The van der Waals surface area contributed by atoms with Crippen molar-refractivity contribution in [2.45, 2.75) is 38.2 Å². The SMILES string of the molecule is CC1(C)OCCn2c1nc(C(=O)NCc1cccc(C3(CF)NN3)c1)c(O)c2=O. The van der Waals surface area contributed by atoms with Gasteiger partial charge in [-0.2, -0.15) is 0 Å². The quantitative estimate of drug-likeness (QED) is 0.530. The number of aromatic hydroxyl groups is 1. The van der Waals surface area contributed by atoms with E-state index in [1.54, 1.807) is 38.1 Å². The number of amides is 1. The Hall–Kier alpha value is -2.82. The Morgan fingerprint density at radius 1 is 1.41 bits per heavy atom. The predicted molar refractivity (Wildman–Crippen MR) is 101 cm³/mol. The number of hydrazine groups is 1. The van der Waals surface area contributed by atoms with Gasteiger partial charge in [-0.05, 0) is 25.0 Å². The zero-order chi connectivity index (χ0) is 20.8. The number of aromatic nitrogens is 2. The van der Waals surface area contributed by atoms with Crippen LogP contribution in [0.2, 0.25) is 0 Å². The lowest BCUT2D eigenvalue weighted by Gasteiger charge is -2.32. The van der Waals surface area contributed by atoms with Gasteiger partial charge in [0.15, 0.2) is 5.69 Å². The van der Waals surface area contributed by atoms with Gasteiger partial charge in [-0.1, -0.05) is 24.3 Å². The second-order valence-corrected chi connectivity index (χ2v) is 7.62. The predicted octanol–water partition coefficient (Wildman–Crippen LogP) is 0.374. The Bertz CT molecular complexity index is 1030. The first-order valence-electron chi connectivity index (χ1n) is 9.23. The lowest BCUT2D eigenvalue weighted by Crippen LogP contribution is -2.42. The van der Waals surface area contributed by atoms with Crippen LogP contribution in [-0.4, -0.2) is 33.8 Å². The van der Waals surface area contributed by atoms with E-state index in [4.69, 9.17) is 4.74 Å². The van der Waals surface area contributed by atoms with Gasteiger partial charge < -0.3 is 15.2 Å². The van der Waals surface area contributed by atoms with Crippen LogP contribution >= 0.6 is 0 Å². The van der Waals surface area contributed by atoms with E-state index in [9.17, 15) is 19.1 Å². The molecule has 4 N–H and O–H groups in total. The summed E-state index contributed by atoms with van der Waals surface area (Å²) in [7, 11) is 0. The molecular formula is C19H22FN5O4. The molecule has 4 rings (SSSR count). The molecule has 0 spiro atoms. The highest BCUT2D eigenvalue weighted by Crippen LogP contribution is 2.28. The van der Waals surface area contributed by atoms with Crippen molar-refractivity contribution in [3.05, 3.63) is 57.3 Å². The van der Waals surface area contributed by atoms with Gasteiger partial charge in [0.05, 0.1) is 13.2 Å². The lowest BCUT2D eigenvalue weighted by atomic mass is 10.0. The van der Waals surface area contributed by atoms with Gasteiger partial charge in [-0.15, -0.1) is 0 Å². The highest BCUT2D eigenvalue weighted by Gasteiger charge is 2.44. The average molecular weight is 403 g/mol. The van der Waals surface area contributed by atoms with Crippen molar-refractivity contribution < 1.29 is 19.0 Å². The van der Waals surface area contributed by atoms with Crippen LogP contribution in [0, 0.1) is 0 Å². The molecule has 0 bridgehead atoms. The fourth-order valence-corrected chi connectivity index (χ4v) is 3.40. The van der Waals surface area contributed by atoms with Crippen molar-refractivity contribution in [2.75, 3.05) is 13.3 Å². The number of carbonyl (C=O) groups excluding carboxylic acids is 1. The van der Waals surface area contributed by atoms with Gasteiger partial charge >= 0.3 is 0 Å². The molecule has 0 atom stereocenters. The molecule has 2 aliphatic heterocycles. The van der Waals surface area contributed by atoms with Crippen LogP contribution in [0.15, 0.2) is 29.1 Å². The molecule has 29 heavy (non-hydrogen) atoms. The molecule has 0 saturated carbocycles. The molecule has 9 nitrogen and oxygen atoms in total. The molecule has 1 fully saturated rings. The van der Waals surface area contributed by atoms with Crippen molar-refractivity contribution in [2.24, 2.45) is 0 Å². The third-order valence-electron chi connectivity index (χ3n) is 5.18. The summed E-state index contributed by atoms with van der Waals surface area (Å²) in [6, 6.07) is 7.08. The van der Waals surface area contributed by atoms with Gasteiger partial charge in [0.25, 0.3) is 11.5 Å². The van der Waals surface area contributed by atoms with E-state index in [-0.39, 0.29) is 24.6 Å². The van der Waals surface area contributed by atoms with E-state index >= 15 is 0 Å². The molecule has 0 unspecified atom stereocenters. The van der Waals surface area contributed by atoms with Gasteiger partial charge in [0, 0.05) is 6.54 Å². The number of nitrogens with one attached hydrogen (secondary N) is 3. The van der Waals surface area contributed by atoms with E-state index in [1.165, 1.54) is 4.57 Å². The summed E-state index contributed by atoms with van der Waals surface area (Å²) >= 11 is 0. The lowest BCUT2D eigenvalue weighted by molar-refractivity contribution is -0.0566. The van der Waals surface area contributed by atoms with Crippen LogP contribution in [0.4, 0.5) is 4.39 Å². The average Bonchev–Trinajstić information content (AvgIpc) is 3.50. The maximum Gasteiger partial charge on any atom is 0.296 e. The molecule has 1 aromatic heterocycles. The second-order valence-electron chi connectivity index (χ2n) is 7.62. The minimum Gasteiger partial charge on any atom is -0.501 e. The number of ether oxygens (including phenoxy) is 1. The minimum atomic E-state index is -0.876. The summed E-state index contributed by atoms with van der Waals surface area (Å²) in [4.78, 5) is 29.3. The topological polar surface area (TPSA) is 137 Å². The Kier molecular flexibility index (Phi) is 4.64. The van der Waals surface area contributed by atoms with Gasteiger partial charge in [-0.3, -0.25) is 14.2 Å². The zero-order valence-electron chi connectivity index (χ0n) is 16.1. The van der Waals surface area contributed by atoms with E-state index in [0.717, 1.165) is 5.56 Å². The third-order valence-corrected chi connectivity index (χ3v) is 5.18. The van der Waals surface area contributed by atoms with Crippen molar-refractivity contribution in [1.29, 1.82) is 0 Å². The van der Waals surface area contributed by atoms with E-state index in [0.29, 0.717) is 12.2 Å². The Labute approximate surface area is 165 Å². The number of nitrogens with zero attached hydrogens (tertiary/aromatic N) is 2. The molecule has 10 heteroatoms. The fourth-order valence-electron chi connectivity index (χ4n) is 3.40. The Morgan fingerprint density at radius 2 is 2.17 bits per heavy atom.